The SMILES string of the molecule is CC(NCc1nc(C2CC2)no1)c1ccc(-n2ccnn2)cc1. The molecule has 1 atom stereocenters. The number of nitrogens with one attached hydrogen (secondary N) is 1. The van der Waals surface area contributed by atoms with Gasteiger partial charge in [-0.25, -0.2) is 4.68 Å². The fraction of sp³-hybridized carbons (Fsp3) is 0.375. The van der Waals surface area contributed by atoms with E-state index in [9.17, 15) is 0 Å². The first-order valence-electron chi connectivity index (χ1n) is 7.82. The van der Waals surface area contributed by atoms with Crippen molar-refractivity contribution in [2.45, 2.75) is 38.3 Å². The molecule has 1 unspecified atom stereocenters. The second-order valence-electron chi connectivity index (χ2n) is 5.86. The summed E-state index contributed by atoms with van der Waals surface area (Å²) in [5.74, 6) is 2.03. The molecule has 23 heavy (non-hydrogen) atoms. The number of hydrogen-bond donors (Lipinski definition) is 1. The van der Waals surface area contributed by atoms with Crippen LogP contribution in [0.2, 0.25) is 0 Å². The highest BCUT2D eigenvalue weighted by molar-refractivity contribution is 5.34. The molecule has 7 nitrogen and oxygen atoms in total. The fourth-order valence-electron chi connectivity index (χ4n) is 2.47. The van der Waals surface area contributed by atoms with E-state index in [1.165, 1.54) is 18.4 Å². The summed E-state index contributed by atoms with van der Waals surface area (Å²) < 4.78 is 7.01. The van der Waals surface area contributed by atoms with Crippen molar-refractivity contribution in [2.75, 3.05) is 0 Å². The normalized spacial score (nSPS) is 15.7. The lowest BCUT2D eigenvalue weighted by Gasteiger charge is -2.13. The van der Waals surface area contributed by atoms with Gasteiger partial charge < -0.3 is 9.84 Å². The van der Waals surface area contributed by atoms with Crippen LogP contribution in [-0.4, -0.2) is 25.1 Å². The van der Waals surface area contributed by atoms with Crippen molar-refractivity contribution in [3.8, 4) is 5.69 Å². The summed E-state index contributed by atoms with van der Waals surface area (Å²) in [7, 11) is 0. The maximum Gasteiger partial charge on any atom is 0.240 e. The van der Waals surface area contributed by atoms with Gasteiger partial charge in [-0.15, -0.1) is 5.10 Å². The molecule has 0 radical (unpaired) electrons. The minimum Gasteiger partial charge on any atom is -0.338 e. The fourth-order valence-corrected chi connectivity index (χ4v) is 2.47. The number of benzene rings is 1. The summed E-state index contributed by atoms with van der Waals surface area (Å²) in [5.41, 5.74) is 2.18. The zero-order chi connectivity index (χ0) is 15.6. The third-order valence-electron chi connectivity index (χ3n) is 4.07. The van der Waals surface area contributed by atoms with Crippen molar-refractivity contribution < 1.29 is 4.52 Å². The summed E-state index contributed by atoms with van der Waals surface area (Å²) in [6.07, 6.45) is 5.85. The summed E-state index contributed by atoms with van der Waals surface area (Å²) >= 11 is 0. The Morgan fingerprint density at radius 3 is 2.83 bits per heavy atom. The van der Waals surface area contributed by atoms with Crippen LogP contribution in [0, 0.1) is 0 Å². The van der Waals surface area contributed by atoms with Gasteiger partial charge in [-0.3, -0.25) is 0 Å². The molecule has 1 aliphatic carbocycles. The van der Waals surface area contributed by atoms with E-state index in [1.54, 1.807) is 10.9 Å². The predicted molar refractivity (Wildman–Crippen MR) is 82.9 cm³/mol. The van der Waals surface area contributed by atoms with Gasteiger partial charge in [0.25, 0.3) is 0 Å². The molecule has 2 heterocycles. The topological polar surface area (TPSA) is 81.7 Å². The van der Waals surface area contributed by atoms with Gasteiger partial charge in [-0.1, -0.05) is 22.5 Å². The van der Waals surface area contributed by atoms with Crippen molar-refractivity contribution in [3.05, 3.63) is 53.9 Å². The van der Waals surface area contributed by atoms with Crippen LogP contribution >= 0.6 is 0 Å². The Morgan fingerprint density at radius 1 is 1.30 bits per heavy atom. The zero-order valence-electron chi connectivity index (χ0n) is 12.9. The van der Waals surface area contributed by atoms with Crippen molar-refractivity contribution in [1.29, 1.82) is 0 Å². The largest absolute Gasteiger partial charge is 0.338 e. The number of aromatic nitrogens is 5. The molecule has 0 aliphatic heterocycles. The molecule has 1 aromatic carbocycles. The molecule has 0 bridgehead atoms. The van der Waals surface area contributed by atoms with Crippen LogP contribution in [0.4, 0.5) is 0 Å². The summed E-state index contributed by atoms with van der Waals surface area (Å²) in [4.78, 5) is 4.43. The molecule has 1 aliphatic rings. The first-order valence-corrected chi connectivity index (χ1v) is 7.82. The van der Waals surface area contributed by atoms with Gasteiger partial charge in [-0.2, -0.15) is 4.98 Å². The molecule has 0 saturated heterocycles. The molecule has 0 spiro atoms. The van der Waals surface area contributed by atoms with Gasteiger partial charge in [0, 0.05) is 12.0 Å². The summed E-state index contributed by atoms with van der Waals surface area (Å²) in [6.45, 7) is 2.69. The second-order valence-corrected chi connectivity index (χ2v) is 5.86. The molecule has 1 fully saturated rings. The van der Waals surface area contributed by atoms with E-state index < -0.39 is 0 Å². The molecule has 2 aromatic heterocycles. The molecule has 0 amide bonds. The van der Waals surface area contributed by atoms with Crippen LogP contribution in [0.25, 0.3) is 5.69 Å². The molecular weight excluding hydrogens is 292 g/mol. The van der Waals surface area contributed by atoms with E-state index in [1.807, 2.05) is 18.3 Å². The zero-order valence-corrected chi connectivity index (χ0v) is 12.9. The van der Waals surface area contributed by atoms with Crippen molar-refractivity contribution >= 4 is 0 Å². The first kappa shape index (κ1) is 14.1. The van der Waals surface area contributed by atoms with E-state index in [0.717, 1.165) is 11.5 Å². The Labute approximate surface area is 133 Å². The monoisotopic (exact) mass is 310 g/mol. The van der Waals surface area contributed by atoms with E-state index in [2.05, 4.69) is 44.8 Å². The van der Waals surface area contributed by atoms with E-state index in [4.69, 9.17) is 4.52 Å². The Kier molecular flexibility index (Phi) is 3.63. The predicted octanol–water partition coefficient (Wildman–Crippen LogP) is 2.38. The average Bonchev–Trinajstić information content (AvgIpc) is 3.11. The Hall–Kier alpha value is -2.54. The molecule has 118 valence electrons. The van der Waals surface area contributed by atoms with Gasteiger partial charge in [0.15, 0.2) is 5.82 Å². The van der Waals surface area contributed by atoms with Crippen LogP contribution in [0.15, 0.2) is 41.2 Å². The minimum absolute atomic E-state index is 0.191. The Bertz CT molecular complexity index is 760. The highest BCUT2D eigenvalue weighted by Gasteiger charge is 2.28. The van der Waals surface area contributed by atoms with Crippen molar-refractivity contribution in [2.24, 2.45) is 0 Å². The van der Waals surface area contributed by atoms with Gasteiger partial charge in [0.05, 0.1) is 24.6 Å². The Balaban J connectivity index is 1.37. The maximum absolute atomic E-state index is 5.28. The molecule has 7 heteroatoms. The quantitative estimate of drug-likeness (QED) is 0.753. The van der Waals surface area contributed by atoms with Gasteiger partial charge in [0.2, 0.25) is 5.89 Å². The van der Waals surface area contributed by atoms with Gasteiger partial charge >= 0.3 is 0 Å². The van der Waals surface area contributed by atoms with E-state index in [-0.39, 0.29) is 6.04 Å². The minimum atomic E-state index is 0.191. The molecule has 1 N–H and O–H groups in total. The first-order chi connectivity index (χ1) is 11.3. The highest BCUT2D eigenvalue weighted by atomic mass is 16.5. The van der Waals surface area contributed by atoms with E-state index >= 15 is 0 Å². The smallest absolute Gasteiger partial charge is 0.240 e. The third kappa shape index (κ3) is 3.14. The average molecular weight is 310 g/mol. The number of nitrogens with zero attached hydrogens (tertiary/aromatic N) is 5. The molecule has 4 rings (SSSR count). The van der Waals surface area contributed by atoms with Crippen LogP contribution in [0.5, 0.6) is 0 Å². The van der Waals surface area contributed by atoms with Crippen LogP contribution in [0.1, 0.15) is 49.0 Å². The van der Waals surface area contributed by atoms with Gasteiger partial charge in [-0.05, 0) is 37.5 Å². The molecule has 3 aromatic rings. The Morgan fingerprint density at radius 2 is 2.13 bits per heavy atom. The summed E-state index contributed by atoms with van der Waals surface area (Å²) in [6, 6.07) is 8.41. The van der Waals surface area contributed by atoms with Crippen molar-refractivity contribution in [3.63, 3.8) is 0 Å². The van der Waals surface area contributed by atoms with Gasteiger partial charge in [0.1, 0.15) is 0 Å². The number of hydrogen-bond acceptors (Lipinski definition) is 6. The lowest BCUT2D eigenvalue weighted by molar-refractivity contribution is 0.356. The lowest BCUT2D eigenvalue weighted by Crippen LogP contribution is -2.18. The van der Waals surface area contributed by atoms with E-state index in [0.29, 0.717) is 18.4 Å². The maximum atomic E-state index is 5.28. The lowest BCUT2D eigenvalue weighted by atomic mass is 10.1. The third-order valence-corrected chi connectivity index (χ3v) is 4.07. The molecular formula is C16H18N6O. The standard InChI is InChI=1S/C16H18N6O/c1-11(17-10-15-19-16(20-23-15)13-2-3-13)12-4-6-14(7-5-12)22-9-8-18-21-22/h4-9,11,13,17H,2-3,10H2,1H3. The van der Waals surface area contributed by atoms with Crippen LogP contribution in [-0.2, 0) is 6.54 Å². The summed E-state index contributed by atoms with van der Waals surface area (Å²) in [5, 5.41) is 15.2. The highest BCUT2D eigenvalue weighted by Crippen LogP contribution is 2.38. The van der Waals surface area contributed by atoms with Crippen LogP contribution < -0.4 is 5.32 Å². The second kappa shape index (κ2) is 5.92. The van der Waals surface area contributed by atoms with Crippen molar-refractivity contribution in [1.82, 2.24) is 30.5 Å². The molecule has 1 saturated carbocycles. The number of rotatable bonds is 6. The van der Waals surface area contributed by atoms with Crippen LogP contribution in [0.3, 0.4) is 0 Å².